The lowest BCUT2D eigenvalue weighted by Gasteiger charge is -2.50. The molecule has 0 aromatic heterocycles. The Morgan fingerprint density at radius 1 is 1.24 bits per heavy atom. The van der Waals surface area contributed by atoms with Crippen molar-refractivity contribution in [1.29, 1.82) is 0 Å². The van der Waals surface area contributed by atoms with Crippen molar-refractivity contribution >= 4 is 5.97 Å². The molecule has 1 saturated carbocycles. The smallest absolute Gasteiger partial charge is 0.314 e. The Morgan fingerprint density at radius 3 is 2.76 bits per heavy atom. The average Bonchev–Trinajstić information content (AvgIpc) is 2.86. The molecule has 3 heteroatoms. The Morgan fingerprint density at radius 2 is 2.05 bits per heavy atom. The first-order valence-electron chi connectivity index (χ1n) is 8.12. The van der Waals surface area contributed by atoms with E-state index in [9.17, 15) is 9.90 Å². The number of carboxylic acids is 1. The van der Waals surface area contributed by atoms with Crippen molar-refractivity contribution in [2.45, 2.75) is 56.0 Å². The lowest BCUT2D eigenvalue weighted by atomic mass is 9.61. The molecule has 2 aliphatic carbocycles. The van der Waals surface area contributed by atoms with E-state index in [0.29, 0.717) is 0 Å². The van der Waals surface area contributed by atoms with Crippen LogP contribution in [0.1, 0.15) is 49.7 Å². The summed E-state index contributed by atoms with van der Waals surface area (Å²) in [7, 11) is 0. The van der Waals surface area contributed by atoms with Gasteiger partial charge >= 0.3 is 5.97 Å². The first-order valence-corrected chi connectivity index (χ1v) is 8.12. The molecule has 1 N–H and O–H groups in total. The summed E-state index contributed by atoms with van der Waals surface area (Å²) in [5.41, 5.74) is 1.62. The molecular weight excluding hydrogens is 264 g/mol. The van der Waals surface area contributed by atoms with E-state index >= 15 is 0 Å². The Balaban J connectivity index is 1.74. The summed E-state index contributed by atoms with van der Waals surface area (Å²) in [4.78, 5) is 12.3. The van der Waals surface area contributed by atoms with E-state index in [-0.39, 0.29) is 11.5 Å². The maximum atomic E-state index is 12.3. The summed E-state index contributed by atoms with van der Waals surface area (Å²) >= 11 is 0. The van der Waals surface area contributed by atoms with Crippen LogP contribution < -0.4 is 0 Å². The fraction of sp³-hybridized carbons (Fsp3) is 0.611. The number of aryl methyl sites for hydroxylation is 1. The van der Waals surface area contributed by atoms with Gasteiger partial charge in [-0.2, -0.15) is 0 Å². The van der Waals surface area contributed by atoms with Crippen LogP contribution >= 0.6 is 0 Å². The number of rotatable bonds is 2. The van der Waals surface area contributed by atoms with Crippen LogP contribution in [-0.4, -0.2) is 23.3 Å². The molecule has 3 aliphatic rings. The van der Waals surface area contributed by atoms with Gasteiger partial charge in [0.2, 0.25) is 0 Å². The molecule has 2 unspecified atom stereocenters. The second kappa shape index (κ2) is 4.57. The van der Waals surface area contributed by atoms with E-state index in [1.807, 2.05) is 18.2 Å². The highest BCUT2D eigenvalue weighted by atomic mass is 16.5. The van der Waals surface area contributed by atoms with Gasteiger partial charge in [-0.3, -0.25) is 4.79 Å². The molecule has 0 bridgehead atoms. The predicted molar refractivity (Wildman–Crippen MR) is 79.3 cm³/mol. The van der Waals surface area contributed by atoms with Gasteiger partial charge in [0, 0.05) is 6.61 Å². The summed E-state index contributed by atoms with van der Waals surface area (Å²) < 4.78 is 6.01. The number of fused-ring (bicyclic) bond motifs is 1. The molecule has 1 aromatic rings. The largest absolute Gasteiger partial charge is 0.481 e. The number of hydrogen-bond acceptors (Lipinski definition) is 2. The van der Waals surface area contributed by atoms with Gasteiger partial charge in [-0.25, -0.2) is 0 Å². The van der Waals surface area contributed by atoms with Gasteiger partial charge < -0.3 is 9.84 Å². The zero-order chi connectivity index (χ0) is 14.5. The minimum Gasteiger partial charge on any atom is -0.481 e. The van der Waals surface area contributed by atoms with Crippen molar-refractivity contribution in [2.75, 3.05) is 6.61 Å². The van der Waals surface area contributed by atoms with Crippen molar-refractivity contribution < 1.29 is 14.6 Å². The molecule has 1 aliphatic heterocycles. The average molecular weight is 286 g/mol. The van der Waals surface area contributed by atoms with Crippen molar-refractivity contribution in [3.05, 3.63) is 35.4 Å². The maximum absolute atomic E-state index is 12.3. The normalized spacial score (nSPS) is 33.4. The van der Waals surface area contributed by atoms with Crippen LogP contribution in [0.25, 0.3) is 0 Å². The summed E-state index contributed by atoms with van der Waals surface area (Å²) in [6.45, 7) is 0.724. The van der Waals surface area contributed by atoms with E-state index in [0.717, 1.165) is 50.7 Å². The Bertz CT molecular complexity index is 576. The molecule has 2 atom stereocenters. The second-order valence-electron chi connectivity index (χ2n) is 7.01. The third-order valence-electron chi connectivity index (χ3n) is 6.12. The number of aliphatic carboxylic acids is 1. The summed E-state index contributed by atoms with van der Waals surface area (Å²) in [6, 6.07) is 8.15. The van der Waals surface area contributed by atoms with Gasteiger partial charge in [0.1, 0.15) is 0 Å². The molecule has 21 heavy (non-hydrogen) atoms. The zero-order valence-electron chi connectivity index (χ0n) is 12.3. The molecule has 0 amide bonds. The molecule has 2 fully saturated rings. The number of benzene rings is 1. The van der Waals surface area contributed by atoms with E-state index in [4.69, 9.17) is 4.74 Å². The third kappa shape index (κ3) is 1.80. The van der Waals surface area contributed by atoms with Crippen molar-refractivity contribution in [3.63, 3.8) is 0 Å². The van der Waals surface area contributed by atoms with Crippen LogP contribution in [0.3, 0.4) is 0 Å². The highest BCUT2D eigenvalue weighted by Crippen LogP contribution is 2.53. The monoisotopic (exact) mass is 286 g/mol. The van der Waals surface area contributed by atoms with Gasteiger partial charge in [-0.15, -0.1) is 0 Å². The van der Waals surface area contributed by atoms with Gasteiger partial charge in [0.15, 0.2) is 0 Å². The fourth-order valence-corrected chi connectivity index (χ4v) is 4.83. The van der Waals surface area contributed by atoms with Crippen LogP contribution in [0.4, 0.5) is 0 Å². The zero-order valence-corrected chi connectivity index (χ0v) is 12.3. The molecule has 0 radical (unpaired) electrons. The molecular formula is C18H22O3. The lowest BCUT2D eigenvalue weighted by molar-refractivity contribution is -0.167. The highest BCUT2D eigenvalue weighted by molar-refractivity contribution is 5.83. The number of hydrogen-bond donors (Lipinski definition) is 1. The van der Waals surface area contributed by atoms with Gasteiger partial charge in [0.05, 0.1) is 11.0 Å². The molecule has 1 saturated heterocycles. The van der Waals surface area contributed by atoms with E-state index in [1.165, 1.54) is 12.0 Å². The van der Waals surface area contributed by atoms with Gasteiger partial charge in [-0.05, 0) is 62.0 Å². The first kappa shape index (κ1) is 13.3. The van der Waals surface area contributed by atoms with Crippen LogP contribution in [0.15, 0.2) is 24.3 Å². The molecule has 1 heterocycles. The Kier molecular flexibility index (Phi) is 2.90. The van der Waals surface area contributed by atoms with Crippen LogP contribution in [-0.2, 0) is 21.4 Å². The Hall–Kier alpha value is -1.35. The van der Waals surface area contributed by atoms with E-state index in [1.54, 1.807) is 0 Å². The van der Waals surface area contributed by atoms with Crippen molar-refractivity contribution in [3.8, 4) is 0 Å². The lowest BCUT2D eigenvalue weighted by Crippen LogP contribution is -2.52. The maximum Gasteiger partial charge on any atom is 0.314 e. The SMILES string of the molecule is O=C(O)C1(C2CCOC3(CCC3)C2)CCc2ccccc21. The van der Waals surface area contributed by atoms with Crippen LogP contribution in [0.5, 0.6) is 0 Å². The van der Waals surface area contributed by atoms with Gasteiger partial charge in [0.25, 0.3) is 0 Å². The minimum absolute atomic E-state index is 0.00288. The second-order valence-corrected chi connectivity index (χ2v) is 7.01. The summed E-state index contributed by atoms with van der Waals surface area (Å²) in [5, 5.41) is 10.1. The number of ether oxygens (including phenoxy) is 1. The molecule has 3 nitrogen and oxygen atoms in total. The van der Waals surface area contributed by atoms with E-state index in [2.05, 4.69) is 6.07 Å². The van der Waals surface area contributed by atoms with Crippen LogP contribution in [0, 0.1) is 5.92 Å². The fourth-order valence-electron chi connectivity index (χ4n) is 4.83. The van der Waals surface area contributed by atoms with Crippen molar-refractivity contribution in [1.82, 2.24) is 0 Å². The summed E-state index contributed by atoms with van der Waals surface area (Å²) in [6.07, 6.45) is 6.90. The standard InChI is InChI=1S/C18H22O3/c19-16(20)18(10-6-13-4-1-2-5-15(13)18)14-7-11-21-17(12-14)8-3-9-17/h1-2,4-5,14H,3,6-12H2,(H,19,20). The Labute approximate surface area is 125 Å². The number of carbonyl (C=O) groups is 1. The summed E-state index contributed by atoms with van der Waals surface area (Å²) in [5.74, 6) is -0.415. The number of carboxylic acid groups (broad SMARTS) is 1. The molecule has 1 aromatic carbocycles. The topological polar surface area (TPSA) is 46.5 Å². The predicted octanol–water partition coefficient (Wildman–Crippen LogP) is 3.30. The first-order chi connectivity index (χ1) is 10.2. The molecule has 4 rings (SSSR count). The third-order valence-corrected chi connectivity index (χ3v) is 6.12. The highest BCUT2D eigenvalue weighted by Gasteiger charge is 2.55. The van der Waals surface area contributed by atoms with Crippen molar-refractivity contribution in [2.24, 2.45) is 5.92 Å². The van der Waals surface area contributed by atoms with Crippen LogP contribution in [0.2, 0.25) is 0 Å². The van der Waals surface area contributed by atoms with Gasteiger partial charge in [-0.1, -0.05) is 24.3 Å². The van der Waals surface area contributed by atoms with E-state index < -0.39 is 11.4 Å². The molecule has 112 valence electrons. The quantitative estimate of drug-likeness (QED) is 0.907. The molecule has 1 spiro atoms. The minimum atomic E-state index is -0.678.